The van der Waals surface area contributed by atoms with Crippen LogP contribution in [0.3, 0.4) is 0 Å². The summed E-state index contributed by atoms with van der Waals surface area (Å²) in [7, 11) is 0. The van der Waals surface area contributed by atoms with Crippen molar-refractivity contribution in [2.45, 2.75) is 40.2 Å². The van der Waals surface area contributed by atoms with Crippen molar-refractivity contribution in [2.24, 2.45) is 5.41 Å². The van der Waals surface area contributed by atoms with Crippen molar-refractivity contribution in [1.82, 2.24) is 0 Å². The smallest absolute Gasteiger partial charge is 0.311 e. The molecule has 13 heavy (non-hydrogen) atoms. The third kappa shape index (κ3) is 3.93. The lowest BCUT2D eigenvalue weighted by molar-refractivity contribution is -0.154. The minimum absolute atomic E-state index is 0.200. The van der Waals surface area contributed by atoms with Crippen LogP contribution in [0.2, 0.25) is 0 Å². The lowest BCUT2D eigenvalue weighted by Crippen LogP contribution is -2.27. The van der Waals surface area contributed by atoms with Gasteiger partial charge in [-0.3, -0.25) is 4.79 Å². The molecule has 0 heterocycles. The highest BCUT2D eigenvalue weighted by atomic mass is 16.5. The summed E-state index contributed by atoms with van der Waals surface area (Å²) in [5.41, 5.74) is -0.429. The monoisotopic (exact) mass is 183 g/mol. The van der Waals surface area contributed by atoms with Crippen molar-refractivity contribution in [3.05, 3.63) is 11.4 Å². The van der Waals surface area contributed by atoms with Gasteiger partial charge in [0.05, 0.1) is 5.41 Å². The molecule has 0 aliphatic carbocycles. The van der Waals surface area contributed by atoms with Crippen molar-refractivity contribution in [3.8, 4) is 0 Å². The van der Waals surface area contributed by atoms with Crippen molar-refractivity contribution in [1.29, 1.82) is 0 Å². The molecule has 3 heteroatoms. The highest BCUT2D eigenvalue weighted by Gasteiger charge is 2.27. The highest BCUT2D eigenvalue weighted by Crippen LogP contribution is 2.21. The first-order valence-corrected chi connectivity index (χ1v) is 4.47. The van der Waals surface area contributed by atoms with Crippen LogP contribution in [-0.2, 0) is 9.53 Å². The van der Waals surface area contributed by atoms with Gasteiger partial charge in [-0.2, -0.15) is 0 Å². The average Bonchev–Trinajstić information content (AvgIpc) is 2.13. The van der Waals surface area contributed by atoms with Crippen LogP contribution in [0.1, 0.15) is 34.1 Å². The zero-order valence-electron chi connectivity index (χ0n) is 8.76. The van der Waals surface area contributed by atoms with E-state index in [2.05, 4.69) is 4.85 Å². The third-order valence-electron chi connectivity index (χ3n) is 2.11. The summed E-state index contributed by atoms with van der Waals surface area (Å²) in [5.74, 6) is -0.217. The summed E-state index contributed by atoms with van der Waals surface area (Å²) in [6.45, 7) is 14.3. The molecule has 0 aromatic rings. The Morgan fingerprint density at radius 3 is 2.54 bits per heavy atom. The minimum atomic E-state index is -0.429. The number of rotatable bonds is 4. The number of nitrogens with zero attached hydrogens (tertiary/aromatic N) is 1. The maximum absolute atomic E-state index is 11.4. The van der Waals surface area contributed by atoms with Crippen LogP contribution in [0.25, 0.3) is 4.85 Å². The first-order valence-electron chi connectivity index (χ1n) is 4.47. The number of carbonyl (C=O) groups is 1. The molecule has 0 rings (SSSR count). The van der Waals surface area contributed by atoms with E-state index in [1.54, 1.807) is 6.92 Å². The lowest BCUT2D eigenvalue weighted by atomic mass is 9.91. The molecule has 0 N–H and O–H groups in total. The average molecular weight is 183 g/mol. The van der Waals surface area contributed by atoms with Crippen LogP contribution in [0.4, 0.5) is 0 Å². The summed E-state index contributed by atoms with van der Waals surface area (Å²) in [6, 6.07) is -0.239. The molecule has 0 radical (unpaired) electrons. The Labute approximate surface area is 79.9 Å². The first-order chi connectivity index (χ1) is 5.94. The molecule has 1 unspecified atom stereocenters. The van der Waals surface area contributed by atoms with Crippen molar-refractivity contribution in [3.63, 3.8) is 0 Å². The van der Waals surface area contributed by atoms with Crippen molar-refractivity contribution >= 4 is 5.97 Å². The minimum Gasteiger partial charge on any atom is -0.457 e. The molecule has 0 aliphatic heterocycles. The standard InChI is InChI=1S/C10H17NO2/c1-6-10(3,4)9(12)13-7-8(2)11-5/h8H,6-7H2,1-4H3. The predicted molar refractivity (Wildman–Crippen MR) is 51.1 cm³/mol. The molecule has 1 atom stereocenters. The van der Waals surface area contributed by atoms with Crippen LogP contribution >= 0.6 is 0 Å². The normalized spacial score (nSPS) is 13.2. The fraction of sp³-hybridized carbons (Fsp3) is 0.800. The van der Waals surface area contributed by atoms with E-state index in [4.69, 9.17) is 11.3 Å². The zero-order chi connectivity index (χ0) is 10.5. The maximum atomic E-state index is 11.4. The Morgan fingerprint density at radius 2 is 2.15 bits per heavy atom. The lowest BCUT2D eigenvalue weighted by Gasteiger charge is -2.19. The van der Waals surface area contributed by atoms with E-state index < -0.39 is 5.41 Å². The molecular formula is C10H17NO2. The molecule has 0 spiro atoms. The molecule has 0 aromatic heterocycles. The maximum Gasteiger partial charge on any atom is 0.311 e. The number of hydrogen-bond acceptors (Lipinski definition) is 2. The molecule has 0 saturated heterocycles. The van der Waals surface area contributed by atoms with E-state index in [1.165, 1.54) is 0 Å². The molecule has 0 aliphatic rings. The Hall–Kier alpha value is -1.04. The molecule has 0 amide bonds. The van der Waals surface area contributed by atoms with E-state index in [0.29, 0.717) is 0 Å². The second-order valence-electron chi connectivity index (χ2n) is 3.81. The van der Waals surface area contributed by atoms with E-state index >= 15 is 0 Å². The van der Waals surface area contributed by atoms with Gasteiger partial charge in [-0.15, -0.1) is 0 Å². The number of hydrogen-bond donors (Lipinski definition) is 0. The number of esters is 1. The topological polar surface area (TPSA) is 30.7 Å². The first kappa shape index (κ1) is 12.0. The van der Waals surface area contributed by atoms with Crippen LogP contribution in [-0.4, -0.2) is 18.6 Å². The fourth-order valence-corrected chi connectivity index (χ4v) is 0.573. The quantitative estimate of drug-likeness (QED) is 0.494. The summed E-state index contributed by atoms with van der Waals surface area (Å²) in [4.78, 5) is 14.6. The summed E-state index contributed by atoms with van der Waals surface area (Å²) < 4.78 is 5.00. The predicted octanol–water partition coefficient (Wildman–Crippen LogP) is 2.27. The largest absolute Gasteiger partial charge is 0.457 e. The molecule has 0 bridgehead atoms. The van der Waals surface area contributed by atoms with E-state index in [0.717, 1.165) is 6.42 Å². The second-order valence-corrected chi connectivity index (χ2v) is 3.81. The van der Waals surface area contributed by atoms with E-state index in [-0.39, 0.29) is 18.6 Å². The second kappa shape index (κ2) is 4.86. The van der Waals surface area contributed by atoms with Crippen LogP contribution < -0.4 is 0 Å². The highest BCUT2D eigenvalue weighted by molar-refractivity contribution is 5.75. The van der Waals surface area contributed by atoms with Crippen molar-refractivity contribution in [2.75, 3.05) is 6.61 Å². The Bertz CT molecular complexity index is 215. The summed E-state index contributed by atoms with van der Waals surface area (Å²) >= 11 is 0. The van der Waals surface area contributed by atoms with Crippen LogP contribution in [0, 0.1) is 12.0 Å². The molecule has 0 saturated carbocycles. The van der Waals surface area contributed by atoms with Gasteiger partial charge in [-0.05, 0) is 20.3 Å². The zero-order valence-corrected chi connectivity index (χ0v) is 8.76. The SMILES string of the molecule is [C-]#[N+]C(C)COC(=O)C(C)(C)CC. The fourth-order valence-electron chi connectivity index (χ4n) is 0.573. The van der Waals surface area contributed by atoms with Gasteiger partial charge in [0.25, 0.3) is 6.04 Å². The summed E-state index contributed by atoms with van der Waals surface area (Å²) in [5, 5.41) is 0. The van der Waals surface area contributed by atoms with Crippen LogP contribution in [0.5, 0.6) is 0 Å². The molecule has 74 valence electrons. The van der Waals surface area contributed by atoms with Gasteiger partial charge in [0.2, 0.25) is 0 Å². The van der Waals surface area contributed by atoms with E-state index in [9.17, 15) is 4.79 Å². The van der Waals surface area contributed by atoms with Gasteiger partial charge >= 0.3 is 5.97 Å². The van der Waals surface area contributed by atoms with Crippen molar-refractivity contribution < 1.29 is 9.53 Å². The van der Waals surface area contributed by atoms with Gasteiger partial charge in [-0.25, -0.2) is 6.57 Å². The summed E-state index contributed by atoms with van der Waals surface area (Å²) in [6.07, 6.45) is 0.748. The van der Waals surface area contributed by atoms with Gasteiger partial charge in [0.1, 0.15) is 0 Å². The van der Waals surface area contributed by atoms with Gasteiger partial charge in [0.15, 0.2) is 6.61 Å². The Kier molecular flexibility index (Phi) is 4.47. The molecule has 0 fully saturated rings. The van der Waals surface area contributed by atoms with Crippen LogP contribution in [0.15, 0.2) is 0 Å². The molecular weight excluding hydrogens is 166 g/mol. The van der Waals surface area contributed by atoms with E-state index in [1.807, 2.05) is 20.8 Å². The molecule has 0 aromatic carbocycles. The van der Waals surface area contributed by atoms with Gasteiger partial charge in [-0.1, -0.05) is 6.92 Å². The Morgan fingerprint density at radius 1 is 1.62 bits per heavy atom. The van der Waals surface area contributed by atoms with Gasteiger partial charge < -0.3 is 9.58 Å². The number of carbonyl (C=O) groups excluding carboxylic acids is 1. The van der Waals surface area contributed by atoms with Gasteiger partial charge in [0, 0.05) is 6.92 Å². The third-order valence-corrected chi connectivity index (χ3v) is 2.11. The molecule has 3 nitrogen and oxygen atoms in total. The Balaban J connectivity index is 3.97. The number of ether oxygens (including phenoxy) is 1.